The summed E-state index contributed by atoms with van der Waals surface area (Å²) in [6.45, 7) is 5.79. The minimum atomic E-state index is -0.566. The van der Waals surface area contributed by atoms with Crippen molar-refractivity contribution in [3.05, 3.63) is 82.8 Å². The Balaban J connectivity index is 1.36. The number of anilines is 2. The number of hydrogen-bond donors (Lipinski definition) is 2. The highest BCUT2D eigenvalue weighted by Gasteiger charge is 2.36. The molecule has 0 unspecified atom stereocenters. The Hall–Kier alpha value is -4.77. The van der Waals surface area contributed by atoms with E-state index in [0.29, 0.717) is 46.7 Å². The Morgan fingerprint density at radius 2 is 1.65 bits per heavy atom. The second-order valence-electron chi connectivity index (χ2n) is 9.77. The number of imide groups is 1. The van der Waals surface area contributed by atoms with Crippen LogP contribution in [-0.2, 0) is 14.4 Å². The van der Waals surface area contributed by atoms with Crippen molar-refractivity contribution in [2.45, 2.75) is 26.7 Å². The van der Waals surface area contributed by atoms with E-state index in [9.17, 15) is 19.2 Å². The van der Waals surface area contributed by atoms with Gasteiger partial charge in [0.25, 0.3) is 17.1 Å². The molecular weight excluding hydrogens is 570 g/mol. The third-order valence-corrected chi connectivity index (χ3v) is 7.25. The van der Waals surface area contributed by atoms with Crippen LogP contribution in [0.25, 0.3) is 6.08 Å². The summed E-state index contributed by atoms with van der Waals surface area (Å²) >= 11 is 0.751. The number of benzene rings is 3. The number of para-hydroxylation sites is 2. The average molecular weight is 604 g/mol. The van der Waals surface area contributed by atoms with Crippen LogP contribution < -0.4 is 24.8 Å². The van der Waals surface area contributed by atoms with Gasteiger partial charge in [-0.25, -0.2) is 0 Å². The van der Waals surface area contributed by atoms with E-state index in [0.717, 1.165) is 22.2 Å². The molecule has 4 rings (SSSR count). The van der Waals surface area contributed by atoms with Crippen LogP contribution in [0, 0.1) is 0 Å². The first-order chi connectivity index (χ1) is 20.7. The van der Waals surface area contributed by atoms with Gasteiger partial charge in [0.2, 0.25) is 5.91 Å². The highest BCUT2D eigenvalue weighted by atomic mass is 32.2. The van der Waals surface area contributed by atoms with Gasteiger partial charge in [0.1, 0.15) is 12.3 Å². The van der Waals surface area contributed by atoms with Crippen LogP contribution in [0.2, 0.25) is 0 Å². The van der Waals surface area contributed by atoms with Gasteiger partial charge in [-0.05, 0) is 78.2 Å². The van der Waals surface area contributed by atoms with Gasteiger partial charge in [0, 0.05) is 5.69 Å². The molecule has 4 amide bonds. The van der Waals surface area contributed by atoms with Crippen molar-refractivity contribution in [1.29, 1.82) is 0 Å². The van der Waals surface area contributed by atoms with Crippen LogP contribution in [0.15, 0.2) is 71.6 Å². The summed E-state index contributed by atoms with van der Waals surface area (Å²) < 4.78 is 16.6. The fourth-order valence-electron chi connectivity index (χ4n) is 4.16. The van der Waals surface area contributed by atoms with Gasteiger partial charge in [-0.3, -0.25) is 24.1 Å². The average Bonchev–Trinajstić information content (AvgIpc) is 3.24. The zero-order chi connectivity index (χ0) is 30.9. The van der Waals surface area contributed by atoms with Crippen LogP contribution in [0.5, 0.6) is 17.2 Å². The third kappa shape index (κ3) is 8.16. The van der Waals surface area contributed by atoms with E-state index in [-0.39, 0.29) is 17.4 Å². The predicted octanol–water partition coefficient (Wildman–Crippen LogP) is 5.91. The normalized spacial score (nSPS) is 13.8. The molecule has 0 radical (unpaired) electrons. The number of methoxy groups -OCH3 is 1. The van der Waals surface area contributed by atoms with Gasteiger partial charge >= 0.3 is 0 Å². The van der Waals surface area contributed by atoms with E-state index >= 15 is 0 Å². The molecule has 3 aromatic rings. The number of carbonyl (C=O) groups is 4. The largest absolute Gasteiger partial charge is 0.493 e. The van der Waals surface area contributed by atoms with E-state index in [4.69, 9.17) is 14.2 Å². The van der Waals surface area contributed by atoms with Gasteiger partial charge in [-0.15, -0.1) is 0 Å². The van der Waals surface area contributed by atoms with E-state index < -0.39 is 23.6 Å². The molecule has 1 heterocycles. The minimum absolute atomic E-state index is 0.169. The Labute approximate surface area is 254 Å². The first-order valence-corrected chi connectivity index (χ1v) is 14.5. The first-order valence-electron chi connectivity index (χ1n) is 13.7. The van der Waals surface area contributed by atoms with Gasteiger partial charge in [-0.1, -0.05) is 44.2 Å². The number of ether oxygens (including phenoxy) is 3. The summed E-state index contributed by atoms with van der Waals surface area (Å²) in [6, 6.07) is 19.4. The topological polar surface area (TPSA) is 123 Å². The summed E-state index contributed by atoms with van der Waals surface area (Å²) in [5.74, 6) is 0.137. The van der Waals surface area contributed by atoms with E-state index in [1.54, 1.807) is 48.5 Å². The molecule has 0 spiro atoms. The first kappa shape index (κ1) is 31.2. The lowest BCUT2D eigenvalue weighted by Gasteiger charge is -2.13. The number of thioether (sulfide) groups is 1. The Morgan fingerprint density at radius 1 is 0.907 bits per heavy atom. The van der Waals surface area contributed by atoms with Crippen LogP contribution in [0.4, 0.5) is 16.2 Å². The number of nitrogens with zero attached hydrogens (tertiary/aromatic N) is 1. The molecule has 0 aliphatic carbocycles. The summed E-state index contributed by atoms with van der Waals surface area (Å²) in [7, 11) is 1.45. The molecule has 0 saturated carbocycles. The molecule has 0 bridgehead atoms. The van der Waals surface area contributed by atoms with E-state index in [1.165, 1.54) is 13.2 Å². The Morgan fingerprint density at radius 3 is 2.35 bits per heavy atom. The summed E-state index contributed by atoms with van der Waals surface area (Å²) in [5.41, 5.74) is 2.82. The quantitative estimate of drug-likeness (QED) is 0.245. The summed E-state index contributed by atoms with van der Waals surface area (Å²) in [6.07, 6.45) is 1.54. The van der Waals surface area contributed by atoms with Crippen LogP contribution in [0.1, 0.15) is 37.8 Å². The highest BCUT2D eigenvalue weighted by Crippen LogP contribution is 2.34. The second-order valence-corrected chi connectivity index (χ2v) is 10.8. The number of nitrogens with one attached hydrogen (secondary N) is 2. The zero-order valence-electron chi connectivity index (χ0n) is 24.3. The molecular formula is C32H33N3O7S. The fourth-order valence-corrected chi connectivity index (χ4v) is 5.00. The lowest BCUT2D eigenvalue weighted by molar-refractivity contribution is -0.127. The summed E-state index contributed by atoms with van der Waals surface area (Å²) in [5, 5.41) is 4.95. The van der Waals surface area contributed by atoms with Crippen molar-refractivity contribution in [3.63, 3.8) is 0 Å². The van der Waals surface area contributed by atoms with Crippen molar-refractivity contribution in [1.82, 2.24) is 4.90 Å². The van der Waals surface area contributed by atoms with Gasteiger partial charge in [0.05, 0.1) is 24.3 Å². The molecule has 11 heteroatoms. The maximum atomic E-state index is 13.0. The number of amides is 4. The molecule has 10 nitrogen and oxygen atoms in total. The maximum Gasteiger partial charge on any atom is 0.294 e. The molecule has 1 aliphatic heterocycles. The number of carbonyl (C=O) groups excluding carboxylic acids is 4. The summed E-state index contributed by atoms with van der Waals surface area (Å²) in [4.78, 5) is 51.7. The molecule has 1 saturated heterocycles. The Bertz CT molecular complexity index is 1540. The molecule has 0 atom stereocenters. The molecule has 1 fully saturated rings. The molecule has 43 heavy (non-hydrogen) atoms. The standard InChI is InChI=1S/C32H33N3O7S/c1-5-41-25-9-7-6-8-24(25)34-30(37)19-42-26-15-10-21(16-27(26)40-4)17-28-31(38)35(32(39)43-28)18-29(36)33-23-13-11-22(12-14-23)20(2)3/h6-17,20H,5,18-19H2,1-4H3,(H,33,36)(H,34,37)/b28-17+. The van der Waals surface area contributed by atoms with Gasteiger partial charge < -0.3 is 24.8 Å². The van der Waals surface area contributed by atoms with Crippen molar-refractivity contribution in [3.8, 4) is 17.2 Å². The zero-order valence-corrected chi connectivity index (χ0v) is 25.2. The van der Waals surface area contributed by atoms with Crippen molar-refractivity contribution < 1.29 is 33.4 Å². The minimum Gasteiger partial charge on any atom is -0.493 e. The second kappa shape index (κ2) is 14.4. The maximum absolute atomic E-state index is 13.0. The molecule has 3 aromatic carbocycles. The van der Waals surface area contributed by atoms with Crippen LogP contribution in [0.3, 0.4) is 0 Å². The molecule has 1 aliphatic rings. The smallest absolute Gasteiger partial charge is 0.294 e. The van der Waals surface area contributed by atoms with E-state index in [1.807, 2.05) is 25.1 Å². The van der Waals surface area contributed by atoms with Gasteiger partial charge in [-0.2, -0.15) is 0 Å². The monoisotopic (exact) mass is 603 g/mol. The third-order valence-electron chi connectivity index (χ3n) is 6.34. The van der Waals surface area contributed by atoms with E-state index in [2.05, 4.69) is 24.5 Å². The SMILES string of the molecule is CCOc1ccccc1NC(=O)COc1ccc(/C=C2/SC(=O)N(CC(=O)Nc3ccc(C(C)C)cc3)C2=O)cc1OC. The number of rotatable bonds is 12. The van der Waals surface area contributed by atoms with Crippen LogP contribution >= 0.6 is 11.8 Å². The Kier molecular flexibility index (Phi) is 10.4. The molecule has 2 N–H and O–H groups in total. The molecule has 224 valence electrons. The lowest BCUT2D eigenvalue weighted by atomic mass is 10.0. The predicted molar refractivity (Wildman–Crippen MR) is 167 cm³/mol. The molecule has 0 aromatic heterocycles. The van der Waals surface area contributed by atoms with Crippen LogP contribution in [-0.4, -0.2) is 54.7 Å². The van der Waals surface area contributed by atoms with Gasteiger partial charge in [0.15, 0.2) is 18.1 Å². The fraction of sp³-hybridized carbons (Fsp3) is 0.250. The lowest BCUT2D eigenvalue weighted by Crippen LogP contribution is -2.36. The number of hydrogen-bond acceptors (Lipinski definition) is 8. The van der Waals surface area contributed by atoms with Crippen molar-refractivity contribution in [2.24, 2.45) is 0 Å². The highest BCUT2D eigenvalue weighted by molar-refractivity contribution is 8.18. The van der Waals surface area contributed by atoms with Crippen molar-refractivity contribution >= 4 is 52.2 Å². The van der Waals surface area contributed by atoms with Crippen molar-refractivity contribution in [2.75, 3.05) is 37.5 Å².